The molecule has 0 fully saturated rings. The minimum absolute atomic E-state index is 0.515. The summed E-state index contributed by atoms with van der Waals surface area (Å²) in [5.41, 5.74) is 1.21. The van der Waals surface area contributed by atoms with Gasteiger partial charge in [0.1, 0.15) is 4.88 Å². The fraction of sp³-hybridized carbons (Fsp3) is 0.500. The Bertz CT molecular complexity index is 544. The molecule has 0 saturated heterocycles. The van der Waals surface area contributed by atoms with Gasteiger partial charge in [0.05, 0.1) is 0 Å². The Balaban J connectivity index is 1.96. The number of urea groups is 1. The van der Waals surface area contributed by atoms with Crippen molar-refractivity contribution in [2.24, 2.45) is 0 Å². The highest BCUT2D eigenvalue weighted by Gasteiger charge is 2.23. The number of fused-ring (bicyclic) bond motifs is 1. The molecule has 0 saturated carbocycles. The van der Waals surface area contributed by atoms with Gasteiger partial charge in [0.15, 0.2) is 6.10 Å². The molecule has 1 heterocycles. The zero-order chi connectivity index (χ0) is 15.4. The summed E-state index contributed by atoms with van der Waals surface area (Å²) in [5.74, 6) is -1.17. The number of nitrogens with one attached hydrogen (secondary N) is 2. The topological polar surface area (TPSA) is 84.5 Å². The lowest BCUT2D eigenvalue weighted by Gasteiger charge is -2.11. The average molecular weight is 310 g/mol. The predicted molar refractivity (Wildman–Crippen MR) is 78.4 cm³/mol. The van der Waals surface area contributed by atoms with Gasteiger partial charge in [-0.05, 0) is 44.2 Å². The molecular formula is C14H18N2O4S. The number of carbonyl (C=O) groups excluding carboxylic acids is 3. The lowest BCUT2D eigenvalue weighted by atomic mass is 9.99. The van der Waals surface area contributed by atoms with E-state index in [0.29, 0.717) is 4.88 Å². The Kier molecular flexibility index (Phi) is 4.95. The SMILES string of the molecule is CNC(=O)NC(=O)[C@H](C)OC(=O)c1cc2c(s1)CCCC2. The van der Waals surface area contributed by atoms with Crippen molar-refractivity contribution in [3.8, 4) is 0 Å². The van der Waals surface area contributed by atoms with Crippen molar-refractivity contribution in [2.45, 2.75) is 38.7 Å². The molecule has 0 spiro atoms. The van der Waals surface area contributed by atoms with Gasteiger partial charge in [0.25, 0.3) is 5.91 Å². The van der Waals surface area contributed by atoms with E-state index in [1.54, 1.807) is 0 Å². The maximum absolute atomic E-state index is 12.0. The molecular weight excluding hydrogens is 292 g/mol. The number of aryl methyl sites for hydroxylation is 2. The second-order valence-electron chi connectivity index (χ2n) is 4.88. The van der Waals surface area contributed by atoms with Gasteiger partial charge in [0, 0.05) is 11.9 Å². The Morgan fingerprint density at radius 3 is 2.67 bits per heavy atom. The summed E-state index contributed by atoms with van der Waals surface area (Å²) in [7, 11) is 1.40. The lowest BCUT2D eigenvalue weighted by Crippen LogP contribution is -2.43. The largest absolute Gasteiger partial charge is 0.448 e. The summed E-state index contributed by atoms with van der Waals surface area (Å²) in [6, 6.07) is 1.22. The Morgan fingerprint density at radius 2 is 2.00 bits per heavy atom. The molecule has 6 nitrogen and oxygen atoms in total. The number of ether oxygens (including phenoxy) is 1. The van der Waals surface area contributed by atoms with E-state index in [-0.39, 0.29) is 0 Å². The summed E-state index contributed by atoms with van der Waals surface area (Å²) >= 11 is 1.43. The highest BCUT2D eigenvalue weighted by molar-refractivity contribution is 7.14. The average Bonchev–Trinajstić information content (AvgIpc) is 2.90. The van der Waals surface area contributed by atoms with Crippen LogP contribution in [0.3, 0.4) is 0 Å². The number of carbonyl (C=O) groups is 3. The van der Waals surface area contributed by atoms with E-state index in [1.165, 1.54) is 35.7 Å². The molecule has 114 valence electrons. The van der Waals surface area contributed by atoms with Crippen LogP contribution in [0.25, 0.3) is 0 Å². The molecule has 2 N–H and O–H groups in total. The maximum Gasteiger partial charge on any atom is 0.349 e. The molecule has 3 amide bonds. The number of hydrogen-bond donors (Lipinski definition) is 2. The van der Waals surface area contributed by atoms with Gasteiger partial charge in [-0.1, -0.05) is 0 Å². The molecule has 21 heavy (non-hydrogen) atoms. The molecule has 7 heteroatoms. The van der Waals surface area contributed by atoms with Crippen LogP contribution in [0.15, 0.2) is 6.07 Å². The first kappa shape index (κ1) is 15.5. The normalized spacial score (nSPS) is 14.8. The van der Waals surface area contributed by atoms with Crippen molar-refractivity contribution < 1.29 is 19.1 Å². The summed E-state index contributed by atoms with van der Waals surface area (Å²) < 4.78 is 5.10. The van der Waals surface area contributed by atoms with Gasteiger partial charge < -0.3 is 10.1 Å². The minimum atomic E-state index is -1.02. The molecule has 2 rings (SSSR count). The van der Waals surface area contributed by atoms with E-state index in [2.05, 4.69) is 10.6 Å². The zero-order valence-corrected chi connectivity index (χ0v) is 12.8. The van der Waals surface area contributed by atoms with Gasteiger partial charge in [-0.3, -0.25) is 10.1 Å². The number of thiophene rings is 1. The molecule has 0 unspecified atom stereocenters. The first-order valence-corrected chi connectivity index (χ1v) is 7.68. The molecule has 1 aromatic rings. The highest BCUT2D eigenvalue weighted by Crippen LogP contribution is 2.30. The standard InChI is InChI=1S/C14H18N2O4S/c1-8(12(17)16-14(19)15-2)20-13(18)11-7-9-5-3-4-6-10(9)21-11/h7-8H,3-6H2,1-2H3,(H2,15,16,17,19)/t8-/m0/s1. The Hall–Kier alpha value is -1.89. The first-order chi connectivity index (χ1) is 10.0. The smallest absolute Gasteiger partial charge is 0.349 e. The second-order valence-corrected chi connectivity index (χ2v) is 6.02. The summed E-state index contributed by atoms with van der Waals surface area (Å²) in [6.45, 7) is 1.43. The van der Waals surface area contributed by atoms with E-state index in [9.17, 15) is 14.4 Å². The van der Waals surface area contributed by atoms with Crippen LogP contribution in [0.2, 0.25) is 0 Å². The fourth-order valence-corrected chi connectivity index (χ4v) is 3.28. The molecule has 0 aliphatic heterocycles. The summed E-state index contributed by atoms with van der Waals surface area (Å²) in [6.07, 6.45) is 3.26. The minimum Gasteiger partial charge on any atom is -0.448 e. The van der Waals surface area contributed by atoms with Crippen LogP contribution in [0.4, 0.5) is 4.79 Å². The lowest BCUT2D eigenvalue weighted by molar-refractivity contribution is -0.127. The quantitative estimate of drug-likeness (QED) is 0.831. The van der Waals surface area contributed by atoms with E-state index < -0.39 is 24.0 Å². The highest BCUT2D eigenvalue weighted by atomic mass is 32.1. The van der Waals surface area contributed by atoms with Crippen molar-refractivity contribution >= 4 is 29.2 Å². The summed E-state index contributed by atoms with van der Waals surface area (Å²) in [4.78, 5) is 36.4. The van der Waals surface area contributed by atoms with Crippen molar-refractivity contribution in [1.29, 1.82) is 0 Å². The van der Waals surface area contributed by atoms with Crippen molar-refractivity contribution in [3.63, 3.8) is 0 Å². The van der Waals surface area contributed by atoms with Gasteiger partial charge in [0.2, 0.25) is 0 Å². The third-order valence-electron chi connectivity index (χ3n) is 3.31. The van der Waals surface area contributed by atoms with Gasteiger partial charge in [-0.15, -0.1) is 11.3 Å². The number of hydrogen-bond acceptors (Lipinski definition) is 5. The Labute approximate surface area is 126 Å². The Morgan fingerprint density at radius 1 is 1.29 bits per heavy atom. The van der Waals surface area contributed by atoms with Gasteiger partial charge >= 0.3 is 12.0 Å². The molecule has 1 aliphatic carbocycles. The van der Waals surface area contributed by atoms with Crippen molar-refractivity contribution in [2.75, 3.05) is 7.05 Å². The van der Waals surface area contributed by atoms with Crippen LogP contribution in [-0.2, 0) is 22.4 Å². The molecule has 1 aromatic heterocycles. The van der Waals surface area contributed by atoms with E-state index in [4.69, 9.17) is 4.74 Å². The predicted octanol–water partition coefficient (Wildman–Crippen LogP) is 1.63. The fourth-order valence-electron chi connectivity index (χ4n) is 2.14. The van der Waals surface area contributed by atoms with E-state index >= 15 is 0 Å². The van der Waals surface area contributed by atoms with Crippen LogP contribution < -0.4 is 10.6 Å². The second kappa shape index (κ2) is 6.71. The van der Waals surface area contributed by atoms with Crippen LogP contribution in [0.1, 0.15) is 39.9 Å². The number of amides is 3. The number of imide groups is 1. The van der Waals surface area contributed by atoms with Gasteiger partial charge in [-0.2, -0.15) is 0 Å². The van der Waals surface area contributed by atoms with E-state index in [0.717, 1.165) is 25.7 Å². The molecule has 0 bridgehead atoms. The van der Waals surface area contributed by atoms with Gasteiger partial charge in [-0.25, -0.2) is 9.59 Å². The van der Waals surface area contributed by atoms with Crippen LogP contribution in [-0.4, -0.2) is 31.1 Å². The van der Waals surface area contributed by atoms with Crippen molar-refractivity contribution in [3.05, 3.63) is 21.4 Å². The number of rotatable bonds is 3. The van der Waals surface area contributed by atoms with Crippen LogP contribution in [0, 0.1) is 0 Å². The third-order valence-corrected chi connectivity index (χ3v) is 4.53. The molecule has 1 aliphatic rings. The molecule has 1 atom stereocenters. The van der Waals surface area contributed by atoms with Crippen molar-refractivity contribution in [1.82, 2.24) is 10.6 Å². The third kappa shape index (κ3) is 3.81. The number of esters is 1. The monoisotopic (exact) mass is 310 g/mol. The zero-order valence-electron chi connectivity index (χ0n) is 12.0. The maximum atomic E-state index is 12.0. The first-order valence-electron chi connectivity index (χ1n) is 6.86. The molecule has 0 radical (unpaired) electrons. The summed E-state index contributed by atoms with van der Waals surface area (Å²) in [5, 5.41) is 4.33. The van der Waals surface area contributed by atoms with E-state index in [1.807, 2.05) is 6.07 Å². The van der Waals surface area contributed by atoms with Crippen LogP contribution in [0.5, 0.6) is 0 Å². The molecule has 0 aromatic carbocycles. The van der Waals surface area contributed by atoms with Crippen LogP contribution >= 0.6 is 11.3 Å².